The minimum absolute atomic E-state index is 0. The smallest absolute Gasteiger partial charge is 0.0795 e. The molecule has 0 bridgehead atoms. The van der Waals surface area contributed by atoms with Crippen LogP contribution in [0.25, 0.3) is 64.9 Å². The summed E-state index contributed by atoms with van der Waals surface area (Å²) < 4.78 is 2.55. The van der Waals surface area contributed by atoms with Gasteiger partial charge in [0.25, 0.3) is 0 Å². The zero-order chi connectivity index (χ0) is 34.8. The molecular formula is C46H40IrN2SSi-2. The van der Waals surface area contributed by atoms with Gasteiger partial charge in [0.05, 0.1) is 8.07 Å². The summed E-state index contributed by atoms with van der Waals surface area (Å²) in [4.78, 5) is 9.39. The molecule has 0 unspecified atom stereocenters. The third-order valence-electron chi connectivity index (χ3n) is 9.27. The number of nitrogens with zero attached hydrogens (tertiary/aromatic N) is 2. The third-order valence-corrected chi connectivity index (χ3v) is 12.5. The Kier molecular flexibility index (Phi) is 10.9. The van der Waals surface area contributed by atoms with Crippen LogP contribution in [0.3, 0.4) is 0 Å². The summed E-state index contributed by atoms with van der Waals surface area (Å²) >= 11 is 1.84. The molecule has 1 radical (unpaired) electrons. The van der Waals surface area contributed by atoms with E-state index in [-0.39, 0.29) is 20.1 Å². The van der Waals surface area contributed by atoms with Gasteiger partial charge in [-0.25, -0.2) is 0 Å². The monoisotopic (exact) mass is 873 g/mol. The minimum atomic E-state index is -1.23. The van der Waals surface area contributed by atoms with E-state index in [0.29, 0.717) is 0 Å². The van der Waals surface area contributed by atoms with Gasteiger partial charge in [-0.15, -0.1) is 59.7 Å². The van der Waals surface area contributed by atoms with Crippen LogP contribution >= 0.6 is 11.3 Å². The molecule has 0 aliphatic heterocycles. The van der Waals surface area contributed by atoms with E-state index < -0.39 is 8.07 Å². The van der Waals surface area contributed by atoms with Gasteiger partial charge in [0.1, 0.15) is 0 Å². The Morgan fingerprint density at radius 2 is 1.33 bits per heavy atom. The molecule has 0 spiro atoms. The molecule has 0 saturated carbocycles. The number of aromatic nitrogens is 2. The summed E-state index contributed by atoms with van der Waals surface area (Å²) in [6.45, 7) is 13.5. The van der Waals surface area contributed by atoms with E-state index in [1.54, 1.807) is 0 Å². The molecule has 0 saturated heterocycles. The Bertz CT molecular complexity index is 2410. The quantitative estimate of drug-likeness (QED) is 0.127. The Balaban J connectivity index is 0.000000222. The van der Waals surface area contributed by atoms with Crippen LogP contribution in [0.4, 0.5) is 0 Å². The van der Waals surface area contributed by atoms with E-state index >= 15 is 0 Å². The van der Waals surface area contributed by atoms with Crippen molar-refractivity contribution in [3.05, 3.63) is 163 Å². The number of thiophene rings is 1. The molecule has 255 valence electrons. The van der Waals surface area contributed by atoms with Crippen LogP contribution in [-0.4, -0.2) is 18.0 Å². The first kappa shape index (κ1) is 36.3. The normalized spacial score (nSPS) is 11.2. The molecule has 8 rings (SSSR count). The molecule has 51 heavy (non-hydrogen) atoms. The van der Waals surface area contributed by atoms with Crippen molar-refractivity contribution in [3.63, 3.8) is 0 Å². The van der Waals surface area contributed by atoms with Crippen molar-refractivity contribution < 1.29 is 20.1 Å². The zero-order valence-electron chi connectivity index (χ0n) is 29.8. The molecule has 0 atom stereocenters. The second-order valence-corrected chi connectivity index (χ2v) is 20.0. The topological polar surface area (TPSA) is 25.8 Å². The van der Waals surface area contributed by atoms with Gasteiger partial charge in [0.15, 0.2) is 0 Å². The first-order valence-electron chi connectivity index (χ1n) is 17.1. The molecule has 5 aromatic carbocycles. The number of fused-ring (bicyclic) bond motifs is 3. The Hall–Kier alpha value is -4.51. The van der Waals surface area contributed by atoms with E-state index in [1.807, 2.05) is 60.1 Å². The predicted octanol–water partition coefficient (Wildman–Crippen LogP) is 12.3. The first-order valence-corrected chi connectivity index (χ1v) is 21.4. The number of rotatable bonds is 5. The fourth-order valence-corrected chi connectivity index (χ4v) is 8.80. The van der Waals surface area contributed by atoms with Crippen molar-refractivity contribution in [1.82, 2.24) is 9.97 Å². The van der Waals surface area contributed by atoms with Crippen LogP contribution in [0.1, 0.15) is 16.7 Å². The molecule has 0 amide bonds. The molecule has 0 aliphatic carbocycles. The SMILES string of the molecule is C[Si](C)(C)c1ccc(-c2[c-]cccc2)nc1.Cc1cc(-c2[c-]ccc3c2sc2cc(-c4c(C)cccc4C)ccc23)ncc1-c1ccccc1.[Ir]. The maximum Gasteiger partial charge on any atom is 0.0795 e. The Labute approximate surface area is 320 Å². The van der Waals surface area contributed by atoms with Gasteiger partial charge in [-0.1, -0.05) is 104 Å². The molecule has 0 N–H and O–H groups in total. The van der Waals surface area contributed by atoms with Crippen LogP contribution in [0.2, 0.25) is 19.6 Å². The van der Waals surface area contributed by atoms with Gasteiger partial charge in [0.2, 0.25) is 0 Å². The third kappa shape index (κ3) is 7.73. The average molecular weight is 873 g/mol. The van der Waals surface area contributed by atoms with Gasteiger partial charge in [0, 0.05) is 42.8 Å². The number of hydrogen-bond donors (Lipinski definition) is 0. The van der Waals surface area contributed by atoms with Crippen molar-refractivity contribution in [3.8, 4) is 44.8 Å². The van der Waals surface area contributed by atoms with Crippen molar-refractivity contribution in [2.24, 2.45) is 0 Å². The molecule has 2 nitrogen and oxygen atoms in total. The van der Waals surface area contributed by atoms with E-state index in [9.17, 15) is 0 Å². The molecule has 8 aromatic rings. The second kappa shape index (κ2) is 15.4. The maximum absolute atomic E-state index is 4.87. The first-order chi connectivity index (χ1) is 24.2. The molecule has 3 aromatic heterocycles. The van der Waals surface area contributed by atoms with Gasteiger partial charge in [-0.3, -0.25) is 0 Å². The van der Waals surface area contributed by atoms with Crippen molar-refractivity contribution in [2.45, 2.75) is 40.4 Å². The number of hydrogen-bond acceptors (Lipinski definition) is 3. The van der Waals surface area contributed by atoms with Crippen molar-refractivity contribution in [1.29, 1.82) is 0 Å². The fraction of sp³-hybridized carbons (Fsp3) is 0.130. The van der Waals surface area contributed by atoms with Gasteiger partial charge >= 0.3 is 0 Å². The van der Waals surface area contributed by atoms with Crippen LogP contribution < -0.4 is 5.19 Å². The van der Waals surface area contributed by atoms with Crippen LogP contribution in [0.5, 0.6) is 0 Å². The molecular weight excluding hydrogens is 833 g/mol. The summed E-state index contributed by atoms with van der Waals surface area (Å²) in [5, 5.41) is 3.96. The van der Waals surface area contributed by atoms with E-state index in [1.165, 1.54) is 64.3 Å². The summed E-state index contributed by atoms with van der Waals surface area (Å²) in [5.41, 5.74) is 12.9. The van der Waals surface area contributed by atoms with Crippen molar-refractivity contribution >= 4 is 44.8 Å². The second-order valence-electron chi connectivity index (χ2n) is 13.9. The summed E-state index contributed by atoms with van der Waals surface area (Å²) in [5.74, 6) is 0. The van der Waals surface area contributed by atoms with E-state index in [2.05, 4.69) is 142 Å². The Morgan fingerprint density at radius 1 is 0.588 bits per heavy atom. The van der Waals surface area contributed by atoms with Crippen LogP contribution in [0, 0.1) is 32.9 Å². The summed E-state index contributed by atoms with van der Waals surface area (Å²) in [6, 6.07) is 49.2. The van der Waals surface area contributed by atoms with Gasteiger partial charge in [-0.2, -0.15) is 11.3 Å². The van der Waals surface area contributed by atoms with E-state index in [0.717, 1.165) is 22.5 Å². The standard InChI is InChI=1S/C32H24NS.C14H16NSi.Ir/c1-20-9-7-10-21(2)31(20)24-15-16-25-26-13-8-14-27(32(26)34-30(25)18-24)29-17-22(3)28(19-33-29)23-11-5-4-6-12-23;1-16(2,3)13-9-10-14(15-11-13)12-7-5-4-6-8-12;/h4-13,15-19H,1-3H3;4-7,9-11H,1-3H3;/q2*-1;. The van der Waals surface area contributed by atoms with Crippen LogP contribution in [-0.2, 0) is 20.1 Å². The van der Waals surface area contributed by atoms with Crippen LogP contribution in [0.15, 0.2) is 134 Å². The largest absolute Gasteiger partial charge is 0.305 e. The van der Waals surface area contributed by atoms with Crippen molar-refractivity contribution in [2.75, 3.05) is 0 Å². The average Bonchev–Trinajstić information content (AvgIpc) is 3.50. The number of benzene rings is 5. The van der Waals surface area contributed by atoms with Gasteiger partial charge < -0.3 is 9.97 Å². The fourth-order valence-electron chi connectivity index (χ4n) is 6.52. The predicted molar refractivity (Wildman–Crippen MR) is 218 cm³/mol. The van der Waals surface area contributed by atoms with Gasteiger partial charge in [-0.05, 0) is 86.9 Å². The molecule has 3 heterocycles. The summed E-state index contributed by atoms with van der Waals surface area (Å²) in [7, 11) is -1.23. The molecule has 0 fully saturated rings. The minimum Gasteiger partial charge on any atom is -0.305 e. The Morgan fingerprint density at radius 3 is 2.00 bits per heavy atom. The molecule has 5 heteroatoms. The number of pyridine rings is 2. The number of aryl methyl sites for hydroxylation is 3. The zero-order valence-corrected chi connectivity index (χ0v) is 34.0. The summed E-state index contributed by atoms with van der Waals surface area (Å²) in [6.07, 6.45) is 4.02. The van der Waals surface area contributed by atoms with E-state index in [4.69, 9.17) is 4.98 Å². The molecule has 0 aliphatic rings. The maximum atomic E-state index is 4.87.